The summed E-state index contributed by atoms with van der Waals surface area (Å²) in [5.74, 6) is 0.383. The number of benzene rings is 1. The van der Waals surface area contributed by atoms with E-state index in [9.17, 15) is 4.79 Å². The minimum atomic E-state index is -0.0897. The van der Waals surface area contributed by atoms with E-state index in [1.807, 2.05) is 19.1 Å². The van der Waals surface area contributed by atoms with Gasteiger partial charge in [0.2, 0.25) is 0 Å². The summed E-state index contributed by atoms with van der Waals surface area (Å²) < 4.78 is 7.87. The van der Waals surface area contributed by atoms with Gasteiger partial charge in [0.05, 0.1) is 17.5 Å². The van der Waals surface area contributed by atoms with Gasteiger partial charge in [0.15, 0.2) is 0 Å². The van der Waals surface area contributed by atoms with Crippen LogP contribution in [0, 0.1) is 12.8 Å². The van der Waals surface area contributed by atoms with Crippen LogP contribution in [0.2, 0.25) is 0 Å². The first-order chi connectivity index (χ1) is 8.90. The molecule has 102 valence electrons. The van der Waals surface area contributed by atoms with E-state index >= 15 is 0 Å². The van der Waals surface area contributed by atoms with E-state index in [1.54, 1.807) is 7.05 Å². The Hall–Kier alpha value is -1.36. The molecule has 1 aromatic heterocycles. The first kappa shape index (κ1) is 14.1. The zero-order chi connectivity index (χ0) is 14.2. The van der Waals surface area contributed by atoms with Crippen molar-refractivity contribution in [1.82, 2.24) is 9.55 Å². The molecule has 0 bridgehead atoms. The highest BCUT2D eigenvalue weighted by atomic mass is 79.9. The molecule has 0 radical (unpaired) electrons. The fourth-order valence-corrected chi connectivity index (χ4v) is 2.48. The van der Waals surface area contributed by atoms with Crippen LogP contribution >= 0.6 is 15.9 Å². The number of aryl methyl sites for hydroxylation is 1. The molecule has 0 amide bonds. The van der Waals surface area contributed by atoms with E-state index < -0.39 is 0 Å². The normalized spacial score (nSPS) is 11.3. The lowest BCUT2D eigenvalue weighted by Crippen LogP contribution is -2.22. The van der Waals surface area contributed by atoms with Crippen molar-refractivity contribution < 1.29 is 4.74 Å². The number of hydrogen-bond donors (Lipinski definition) is 0. The molecule has 1 heterocycles. The lowest BCUT2D eigenvalue weighted by molar-refractivity contribution is 0.240. The molecule has 2 aromatic rings. The topological polar surface area (TPSA) is 44.1 Å². The summed E-state index contributed by atoms with van der Waals surface area (Å²) in [4.78, 5) is 16.8. The third kappa shape index (κ3) is 2.81. The van der Waals surface area contributed by atoms with Crippen molar-refractivity contribution in [2.24, 2.45) is 13.0 Å². The van der Waals surface area contributed by atoms with Crippen molar-refractivity contribution in [3.8, 4) is 6.01 Å². The van der Waals surface area contributed by atoms with Crippen LogP contribution in [0.1, 0.15) is 19.4 Å². The van der Waals surface area contributed by atoms with Crippen molar-refractivity contribution in [3.05, 3.63) is 32.5 Å². The number of rotatable bonds is 3. The maximum Gasteiger partial charge on any atom is 0.299 e. The standard InChI is InChI=1S/C14H17BrN2O2/c1-8(2)7-19-14-16-12-10(13(18)17(14)4)5-9(3)6-11(12)15/h5-6,8H,7H2,1-4H3. The van der Waals surface area contributed by atoms with Gasteiger partial charge in [-0.25, -0.2) is 0 Å². The van der Waals surface area contributed by atoms with Crippen LogP contribution in [0.4, 0.5) is 0 Å². The minimum absolute atomic E-state index is 0.0897. The number of ether oxygens (including phenoxy) is 1. The summed E-state index contributed by atoms with van der Waals surface area (Å²) in [6, 6.07) is 4.15. The van der Waals surface area contributed by atoms with Gasteiger partial charge in [0.25, 0.3) is 11.6 Å². The van der Waals surface area contributed by atoms with Crippen molar-refractivity contribution >= 4 is 26.8 Å². The number of halogens is 1. The predicted molar refractivity (Wildman–Crippen MR) is 79.8 cm³/mol. The number of nitrogens with zero attached hydrogens (tertiary/aromatic N) is 2. The van der Waals surface area contributed by atoms with Gasteiger partial charge in [0, 0.05) is 11.5 Å². The molecule has 4 nitrogen and oxygen atoms in total. The van der Waals surface area contributed by atoms with Crippen LogP contribution in [0.3, 0.4) is 0 Å². The summed E-state index contributed by atoms with van der Waals surface area (Å²) in [5.41, 5.74) is 1.58. The highest BCUT2D eigenvalue weighted by Gasteiger charge is 2.12. The van der Waals surface area contributed by atoms with Gasteiger partial charge in [-0.05, 0) is 46.5 Å². The van der Waals surface area contributed by atoms with Gasteiger partial charge in [-0.15, -0.1) is 0 Å². The summed E-state index contributed by atoms with van der Waals surface area (Å²) in [6.07, 6.45) is 0. The second kappa shape index (κ2) is 5.33. The molecule has 0 aliphatic carbocycles. The number of fused-ring (bicyclic) bond motifs is 1. The van der Waals surface area contributed by atoms with Crippen molar-refractivity contribution in [2.75, 3.05) is 6.61 Å². The molecular weight excluding hydrogens is 308 g/mol. The number of aromatic nitrogens is 2. The van der Waals surface area contributed by atoms with Crippen molar-refractivity contribution in [3.63, 3.8) is 0 Å². The van der Waals surface area contributed by atoms with Crippen molar-refractivity contribution in [2.45, 2.75) is 20.8 Å². The van der Waals surface area contributed by atoms with E-state index in [0.717, 1.165) is 10.0 Å². The quantitative estimate of drug-likeness (QED) is 0.871. The maximum absolute atomic E-state index is 12.3. The van der Waals surface area contributed by atoms with Gasteiger partial charge in [-0.2, -0.15) is 4.98 Å². The molecule has 5 heteroatoms. The smallest absolute Gasteiger partial charge is 0.299 e. The molecule has 0 saturated heterocycles. The molecule has 0 N–H and O–H groups in total. The summed E-state index contributed by atoms with van der Waals surface area (Å²) >= 11 is 3.45. The zero-order valence-electron chi connectivity index (χ0n) is 11.5. The maximum atomic E-state index is 12.3. The van der Waals surface area contributed by atoms with Gasteiger partial charge >= 0.3 is 0 Å². The van der Waals surface area contributed by atoms with Gasteiger partial charge in [0.1, 0.15) is 0 Å². The molecule has 2 rings (SSSR count). The Kier molecular flexibility index (Phi) is 3.94. The van der Waals surface area contributed by atoms with Crippen molar-refractivity contribution in [1.29, 1.82) is 0 Å². The summed E-state index contributed by atoms with van der Waals surface area (Å²) in [5, 5.41) is 0.603. The molecule has 0 atom stereocenters. The molecule has 1 aromatic carbocycles. The van der Waals surface area contributed by atoms with E-state index in [-0.39, 0.29) is 5.56 Å². The van der Waals surface area contributed by atoms with E-state index in [2.05, 4.69) is 34.8 Å². The lowest BCUT2D eigenvalue weighted by atomic mass is 10.2. The monoisotopic (exact) mass is 324 g/mol. The van der Waals surface area contributed by atoms with Crippen LogP contribution in [0.5, 0.6) is 6.01 Å². The second-order valence-electron chi connectivity index (χ2n) is 5.11. The first-order valence-electron chi connectivity index (χ1n) is 6.20. The van der Waals surface area contributed by atoms with Crippen LogP contribution in [0.25, 0.3) is 10.9 Å². The molecule has 0 saturated carbocycles. The number of hydrogen-bond acceptors (Lipinski definition) is 3. The molecule has 0 aliphatic heterocycles. The van der Waals surface area contributed by atoms with E-state index in [4.69, 9.17) is 4.74 Å². The Morgan fingerprint density at radius 1 is 1.42 bits per heavy atom. The highest BCUT2D eigenvalue weighted by molar-refractivity contribution is 9.10. The average Bonchev–Trinajstić information content (AvgIpc) is 2.32. The fourth-order valence-electron chi connectivity index (χ4n) is 1.82. The molecular formula is C14H17BrN2O2. The first-order valence-corrected chi connectivity index (χ1v) is 6.99. The predicted octanol–water partition coefficient (Wildman–Crippen LogP) is 3.04. The Labute approximate surface area is 120 Å². The third-order valence-electron chi connectivity index (χ3n) is 2.78. The van der Waals surface area contributed by atoms with E-state index in [1.165, 1.54) is 4.57 Å². The average molecular weight is 325 g/mol. The molecule has 0 spiro atoms. The largest absolute Gasteiger partial charge is 0.464 e. The highest BCUT2D eigenvalue weighted by Crippen LogP contribution is 2.23. The SMILES string of the molecule is Cc1cc(Br)c2nc(OCC(C)C)n(C)c(=O)c2c1. The van der Waals surface area contributed by atoms with Crippen LogP contribution in [-0.4, -0.2) is 16.2 Å². The van der Waals surface area contributed by atoms with Gasteiger partial charge in [-0.1, -0.05) is 13.8 Å². The van der Waals surface area contributed by atoms with E-state index in [0.29, 0.717) is 29.4 Å². The Balaban J connectivity index is 2.63. The molecule has 19 heavy (non-hydrogen) atoms. The Morgan fingerprint density at radius 2 is 2.11 bits per heavy atom. The van der Waals surface area contributed by atoms with Crippen LogP contribution < -0.4 is 10.3 Å². The zero-order valence-corrected chi connectivity index (χ0v) is 13.1. The summed E-state index contributed by atoms with van der Waals surface area (Å²) in [7, 11) is 1.68. The Morgan fingerprint density at radius 3 is 2.74 bits per heavy atom. The molecule has 0 aliphatic rings. The molecule has 0 unspecified atom stereocenters. The minimum Gasteiger partial charge on any atom is -0.464 e. The Bertz CT molecular complexity index is 677. The van der Waals surface area contributed by atoms with Gasteiger partial charge in [-0.3, -0.25) is 9.36 Å². The fraction of sp³-hybridized carbons (Fsp3) is 0.429. The third-order valence-corrected chi connectivity index (χ3v) is 3.39. The second-order valence-corrected chi connectivity index (χ2v) is 5.96. The lowest BCUT2D eigenvalue weighted by Gasteiger charge is -2.12. The summed E-state index contributed by atoms with van der Waals surface area (Å²) in [6.45, 7) is 6.60. The van der Waals surface area contributed by atoms with Gasteiger partial charge < -0.3 is 4.74 Å². The molecule has 0 fully saturated rings. The van der Waals surface area contributed by atoms with Crippen LogP contribution in [0.15, 0.2) is 21.4 Å². The van der Waals surface area contributed by atoms with Crippen LogP contribution in [-0.2, 0) is 7.05 Å².